The number of hydrogen-bond acceptors (Lipinski definition) is 1. The molecule has 0 saturated carbocycles. The Hall–Kier alpha value is -0.300. The highest BCUT2D eigenvalue weighted by molar-refractivity contribution is 4.81. The normalized spacial score (nSPS) is 10.8. The summed E-state index contributed by atoms with van der Waals surface area (Å²) < 4.78 is 4.78. The predicted octanol–water partition coefficient (Wildman–Crippen LogP) is 1.80. The molecule has 1 heteroatoms. The van der Waals surface area contributed by atoms with Gasteiger partial charge in [0.15, 0.2) is 0 Å². The lowest BCUT2D eigenvalue weighted by Crippen LogP contribution is -1.79. The van der Waals surface area contributed by atoms with Crippen LogP contribution in [0.3, 0.4) is 0 Å². The second kappa shape index (κ2) is 6.70. The lowest BCUT2D eigenvalue weighted by molar-refractivity contribution is 0.233. The van der Waals surface area contributed by atoms with E-state index in [2.05, 4.69) is 13.0 Å². The van der Waals surface area contributed by atoms with E-state index in [1.165, 1.54) is 0 Å². The monoisotopic (exact) mass is 113 g/mol. The number of allylic oxidation sites excluding steroid dienone is 1. The Kier molecular flexibility index (Phi) is 6.45. The molecule has 0 atom stereocenters. The van der Waals surface area contributed by atoms with Crippen LogP contribution in [0.5, 0.6) is 0 Å². The Bertz CT molecular complexity index is 49.4. The number of rotatable bonds is 4. The molecule has 0 rings (SSSR count). The van der Waals surface area contributed by atoms with Gasteiger partial charge >= 0.3 is 0 Å². The van der Waals surface area contributed by atoms with Gasteiger partial charge in [-0.05, 0) is 12.8 Å². The minimum atomic E-state index is 0.722. The SMILES string of the molecule is [CH2]CC/C=C/COC. The fourth-order valence-corrected chi connectivity index (χ4v) is 0.400. The van der Waals surface area contributed by atoms with Gasteiger partial charge < -0.3 is 4.74 Å². The quantitative estimate of drug-likeness (QED) is 0.505. The molecule has 0 aromatic rings. The van der Waals surface area contributed by atoms with Crippen molar-refractivity contribution < 1.29 is 4.74 Å². The van der Waals surface area contributed by atoms with Crippen molar-refractivity contribution in [2.24, 2.45) is 0 Å². The fourth-order valence-electron chi connectivity index (χ4n) is 0.400. The second-order valence-electron chi connectivity index (χ2n) is 1.57. The topological polar surface area (TPSA) is 9.23 Å². The van der Waals surface area contributed by atoms with Crippen molar-refractivity contribution in [1.82, 2.24) is 0 Å². The van der Waals surface area contributed by atoms with Crippen molar-refractivity contribution in [3.8, 4) is 0 Å². The standard InChI is InChI=1S/C7H13O/c1-3-4-5-6-7-8-2/h5-6H,1,3-4,7H2,2H3/b6-5+. The molecule has 0 aromatic heterocycles. The first-order valence-corrected chi connectivity index (χ1v) is 2.85. The smallest absolute Gasteiger partial charge is 0.0643 e. The van der Waals surface area contributed by atoms with E-state index in [1.54, 1.807) is 7.11 Å². The average Bonchev–Trinajstić information content (AvgIpc) is 1.81. The zero-order chi connectivity index (χ0) is 6.24. The van der Waals surface area contributed by atoms with Gasteiger partial charge in [-0.15, -0.1) is 0 Å². The van der Waals surface area contributed by atoms with Crippen LogP contribution in [0.2, 0.25) is 0 Å². The Labute approximate surface area is 51.4 Å². The molecule has 0 bridgehead atoms. The van der Waals surface area contributed by atoms with E-state index in [1.807, 2.05) is 6.08 Å². The Morgan fingerprint density at radius 1 is 1.50 bits per heavy atom. The van der Waals surface area contributed by atoms with E-state index in [9.17, 15) is 0 Å². The molecular formula is C7H13O. The van der Waals surface area contributed by atoms with E-state index in [4.69, 9.17) is 4.74 Å². The molecule has 0 fully saturated rings. The van der Waals surface area contributed by atoms with E-state index in [0.717, 1.165) is 19.4 Å². The van der Waals surface area contributed by atoms with E-state index < -0.39 is 0 Å². The summed E-state index contributed by atoms with van der Waals surface area (Å²) in [7, 11) is 1.69. The van der Waals surface area contributed by atoms with Gasteiger partial charge in [0.1, 0.15) is 0 Å². The van der Waals surface area contributed by atoms with Gasteiger partial charge in [-0.25, -0.2) is 0 Å². The molecule has 1 nitrogen and oxygen atoms in total. The summed E-state index contributed by atoms with van der Waals surface area (Å²) in [6.07, 6.45) is 6.12. The summed E-state index contributed by atoms with van der Waals surface area (Å²) in [5, 5.41) is 0. The Morgan fingerprint density at radius 2 is 2.25 bits per heavy atom. The predicted molar refractivity (Wildman–Crippen MR) is 35.6 cm³/mol. The summed E-state index contributed by atoms with van der Waals surface area (Å²) in [5.41, 5.74) is 0. The highest BCUT2D eigenvalue weighted by Crippen LogP contribution is 1.86. The number of unbranched alkanes of at least 4 members (excludes halogenated alkanes) is 1. The molecule has 0 heterocycles. The van der Waals surface area contributed by atoms with Gasteiger partial charge in [0.25, 0.3) is 0 Å². The zero-order valence-electron chi connectivity index (χ0n) is 5.39. The van der Waals surface area contributed by atoms with Crippen LogP contribution in [-0.4, -0.2) is 13.7 Å². The number of methoxy groups -OCH3 is 1. The molecule has 0 unspecified atom stereocenters. The molecule has 0 saturated heterocycles. The minimum Gasteiger partial charge on any atom is -0.381 e. The molecule has 0 spiro atoms. The second-order valence-corrected chi connectivity index (χ2v) is 1.57. The maximum atomic E-state index is 4.78. The van der Waals surface area contributed by atoms with Crippen molar-refractivity contribution in [2.45, 2.75) is 12.8 Å². The molecule has 1 radical (unpaired) electrons. The van der Waals surface area contributed by atoms with Gasteiger partial charge in [0.2, 0.25) is 0 Å². The lowest BCUT2D eigenvalue weighted by atomic mass is 10.3. The zero-order valence-corrected chi connectivity index (χ0v) is 5.39. The van der Waals surface area contributed by atoms with Crippen molar-refractivity contribution in [2.75, 3.05) is 13.7 Å². The van der Waals surface area contributed by atoms with E-state index in [-0.39, 0.29) is 0 Å². The average molecular weight is 113 g/mol. The molecule has 0 aliphatic rings. The van der Waals surface area contributed by atoms with Crippen molar-refractivity contribution >= 4 is 0 Å². The maximum absolute atomic E-state index is 4.78. The first-order chi connectivity index (χ1) is 3.91. The first-order valence-electron chi connectivity index (χ1n) is 2.85. The Morgan fingerprint density at radius 3 is 2.75 bits per heavy atom. The first kappa shape index (κ1) is 7.70. The Balaban J connectivity index is 2.83. The van der Waals surface area contributed by atoms with Crippen molar-refractivity contribution in [1.29, 1.82) is 0 Å². The fraction of sp³-hybridized carbons (Fsp3) is 0.571. The molecule has 8 heavy (non-hydrogen) atoms. The third-order valence-electron chi connectivity index (χ3n) is 0.800. The molecule has 0 aliphatic carbocycles. The van der Waals surface area contributed by atoms with Crippen molar-refractivity contribution in [3.05, 3.63) is 19.1 Å². The van der Waals surface area contributed by atoms with Crippen LogP contribution < -0.4 is 0 Å². The summed E-state index contributed by atoms with van der Waals surface area (Å²) >= 11 is 0. The third-order valence-corrected chi connectivity index (χ3v) is 0.800. The van der Waals surface area contributed by atoms with Crippen LogP contribution in [0.25, 0.3) is 0 Å². The lowest BCUT2D eigenvalue weighted by Gasteiger charge is -1.85. The molecule has 0 amide bonds. The third kappa shape index (κ3) is 5.70. The van der Waals surface area contributed by atoms with E-state index >= 15 is 0 Å². The highest BCUT2D eigenvalue weighted by atomic mass is 16.5. The largest absolute Gasteiger partial charge is 0.381 e. The maximum Gasteiger partial charge on any atom is 0.0643 e. The summed E-state index contributed by atoms with van der Waals surface area (Å²) in [6, 6.07) is 0. The summed E-state index contributed by atoms with van der Waals surface area (Å²) in [5.74, 6) is 0. The summed E-state index contributed by atoms with van der Waals surface area (Å²) in [4.78, 5) is 0. The minimum absolute atomic E-state index is 0.722. The van der Waals surface area contributed by atoms with Gasteiger partial charge in [-0.2, -0.15) is 0 Å². The number of hydrogen-bond donors (Lipinski definition) is 0. The molecule has 47 valence electrons. The van der Waals surface area contributed by atoms with Gasteiger partial charge in [0.05, 0.1) is 6.61 Å². The number of ether oxygens (including phenoxy) is 1. The van der Waals surface area contributed by atoms with Crippen molar-refractivity contribution in [3.63, 3.8) is 0 Å². The summed E-state index contributed by atoms with van der Waals surface area (Å²) in [6.45, 7) is 4.41. The van der Waals surface area contributed by atoms with Crippen LogP contribution in [0, 0.1) is 6.92 Å². The molecule has 0 aromatic carbocycles. The van der Waals surface area contributed by atoms with Gasteiger partial charge in [0, 0.05) is 7.11 Å². The van der Waals surface area contributed by atoms with Crippen LogP contribution in [0.15, 0.2) is 12.2 Å². The molecule has 0 N–H and O–H groups in total. The van der Waals surface area contributed by atoms with Gasteiger partial charge in [-0.1, -0.05) is 19.1 Å². The van der Waals surface area contributed by atoms with Gasteiger partial charge in [-0.3, -0.25) is 0 Å². The molecule has 0 aliphatic heterocycles. The molecular weight excluding hydrogens is 100 g/mol. The highest BCUT2D eigenvalue weighted by Gasteiger charge is 1.71. The van der Waals surface area contributed by atoms with Crippen LogP contribution in [-0.2, 0) is 4.74 Å². The van der Waals surface area contributed by atoms with Crippen LogP contribution in [0.1, 0.15) is 12.8 Å². The van der Waals surface area contributed by atoms with Crippen LogP contribution in [0.4, 0.5) is 0 Å². The van der Waals surface area contributed by atoms with E-state index in [0.29, 0.717) is 0 Å². The van der Waals surface area contributed by atoms with Crippen LogP contribution >= 0.6 is 0 Å².